The highest BCUT2D eigenvalue weighted by Gasteiger charge is 2.26. The van der Waals surface area contributed by atoms with Gasteiger partial charge in [-0.05, 0) is 19.1 Å². The van der Waals surface area contributed by atoms with Crippen molar-refractivity contribution in [3.8, 4) is 0 Å². The molecule has 1 aromatic carbocycles. The Morgan fingerprint density at radius 3 is 2.59 bits per heavy atom. The molecule has 1 saturated heterocycles. The molecule has 1 atom stereocenters. The number of benzene rings is 1. The van der Waals surface area contributed by atoms with E-state index in [4.69, 9.17) is 4.52 Å². The van der Waals surface area contributed by atoms with Crippen molar-refractivity contribution >= 4 is 5.69 Å². The maximum absolute atomic E-state index is 13.8. The molecule has 22 heavy (non-hydrogen) atoms. The molecule has 2 heterocycles. The molecule has 6 heteroatoms. The summed E-state index contributed by atoms with van der Waals surface area (Å²) in [5.74, 6) is 1.25. The van der Waals surface area contributed by atoms with E-state index in [0.29, 0.717) is 11.6 Å². The Balaban J connectivity index is 1.63. The highest BCUT2D eigenvalue weighted by atomic mass is 19.1. The number of nitrogens with zero attached hydrogens (tertiary/aromatic N) is 4. The van der Waals surface area contributed by atoms with Crippen molar-refractivity contribution in [2.75, 3.05) is 31.1 Å². The molecule has 0 amide bonds. The fourth-order valence-corrected chi connectivity index (χ4v) is 2.80. The Labute approximate surface area is 129 Å². The monoisotopic (exact) mass is 304 g/mol. The minimum atomic E-state index is -0.159. The summed E-state index contributed by atoms with van der Waals surface area (Å²) in [6, 6.07) is 7.03. The predicted octanol–water partition coefficient (Wildman–Crippen LogP) is 2.65. The van der Waals surface area contributed by atoms with Crippen LogP contribution in [0.1, 0.15) is 31.6 Å². The number of para-hydroxylation sites is 1. The zero-order chi connectivity index (χ0) is 15.5. The second kappa shape index (κ2) is 6.44. The summed E-state index contributed by atoms with van der Waals surface area (Å²) in [4.78, 5) is 8.79. The maximum atomic E-state index is 13.8. The van der Waals surface area contributed by atoms with E-state index in [1.165, 1.54) is 6.07 Å². The summed E-state index contributed by atoms with van der Waals surface area (Å²) in [6.45, 7) is 7.36. The van der Waals surface area contributed by atoms with Gasteiger partial charge in [-0.1, -0.05) is 24.2 Å². The molecule has 0 unspecified atom stereocenters. The third-order valence-electron chi connectivity index (χ3n) is 4.21. The van der Waals surface area contributed by atoms with Gasteiger partial charge in [-0.25, -0.2) is 4.39 Å². The van der Waals surface area contributed by atoms with E-state index in [1.807, 2.05) is 19.1 Å². The summed E-state index contributed by atoms with van der Waals surface area (Å²) in [6.07, 6.45) is 0.775. The van der Waals surface area contributed by atoms with Crippen molar-refractivity contribution in [2.24, 2.45) is 0 Å². The van der Waals surface area contributed by atoms with Crippen LogP contribution in [-0.2, 0) is 6.42 Å². The highest BCUT2D eigenvalue weighted by Crippen LogP contribution is 2.24. The van der Waals surface area contributed by atoms with Gasteiger partial charge in [0.25, 0.3) is 0 Å². The zero-order valence-electron chi connectivity index (χ0n) is 13.0. The van der Waals surface area contributed by atoms with Crippen molar-refractivity contribution in [1.82, 2.24) is 15.0 Å². The van der Waals surface area contributed by atoms with E-state index in [1.54, 1.807) is 6.07 Å². The quantitative estimate of drug-likeness (QED) is 0.869. The second-order valence-corrected chi connectivity index (χ2v) is 5.55. The van der Waals surface area contributed by atoms with Gasteiger partial charge in [0.1, 0.15) is 5.82 Å². The molecule has 0 radical (unpaired) electrons. The molecule has 2 aromatic rings. The highest BCUT2D eigenvalue weighted by molar-refractivity contribution is 5.48. The van der Waals surface area contributed by atoms with Gasteiger partial charge in [0.15, 0.2) is 5.82 Å². The third-order valence-corrected chi connectivity index (χ3v) is 4.21. The van der Waals surface area contributed by atoms with Gasteiger partial charge in [0, 0.05) is 32.6 Å². The minimum absolute atomic E-state index is 0.0931. The first-order valence-corrected chi connectivity index (χ1v) is 7.75. The lowest BCUT2D eigenvalue weighted by molar-refractivity contribution is 0.164. The van der Waals surface area contributed by atoms with Crippen molar-refractivity contribution in [1.29, 1.82) is 0 Å². The topological polar surface area (TPSA) is 45.4 Å². The first-order valence-electron chi connectivity index (χ1n) is 7.75. The molecule has 1 aliphatic rings. The van der Waals surface area contributed by atoms with Crippen LogP contribution in [0.4, 0.5) is 10.1 Å². The molecule has 3 rings (SSSR count). The SMILES string of the molecule is CCc1noc([C@H](C)N2CCN(c3ccccc3F)CC2)n1. The van der Waals surface area contributed by atoms with Crippen LogP contribution in [0.25, 0.3) is 0 Å². The van der Waals surface area contributed by atoms with Crippen LogP contribution in [0.5, 0.6) is 0 Å². The summed E-state index contributed by atoms with van der Waals surface area (Å²) in [5, 5.41) is 3.95. The van der Waals surface area contributed by atoms with E-state index < -0.39 is 0 Å². The van der Waals surface area contributed by atoms with E-state index in [0.717, 1.165) is 38.4 Å². The Hall–Kier alpha value is -1.95. The molecule has 0 saturated carbocycles. The van der Waals surface area contributed by atoms with Crippen LogP contribution >= 0.6 is 0 Å². The first-order chi connectivity index (χ1) is 10.7. The number of hydrogen-bond donors (Lipinski definition) is 0. The lowest BCUT2D eigenvalue weighted by atomic mass is 10.2. The summed E-state index contributed by atoms with van der Waals surface area (Å²) < 4.78 is 19.2. The van der Waals surface area contributed by atoms with Gasteiger partial charge in [0.05, 0.1) is 11.7 Å². The van der Waals surface area contributed by atoms with Gasteiger partial charge in [-0.2, -0.15) is 4.98 Å². The van der Waals surface area contributed by atoms with Gasteiger partial charge in [0.2, 0.25) is 5.89 Å². The fraction of sp³-hybridized carbons (Fsp3) is 0.500. The Bertz CT molecular complexity index is 622. The van der Waals surface area contributed by atoms with Crippen molar-refractivity contribution in [3.05, 3.63) is 41.8 Å². The summed E-state index contributed by atoms with van der Waals surface area (Å²) >= 11 is 0. The largest absolute Gasteiger partial charge is 0.367 e. The number of hydrogen-bond acceptors (Lipinski definition) is 5. The molecule has 1 fully saturated rings. The standard InChI is InChI=1S/C16H21FN4O/c1-3-15-18-16(22-19-15)12(2)20-8-10-21(11-9-20)14-7-5-4-6-13(14)17/h4-7,12H,3,8-11H2,1-2H3/t12-/m0/s1. The predicted molar refractivity (Wildman–Crippen MR) is 82.3 cm³/mol. The normalized spacial score (nSPS) is 17.7. The molecule has 0 N–H and O–H groups in total. The molecule has 0 spiro atoms. The Kier molecular flexibility index (Phi) is 4.38. The third kappa shape index (κ3) is 2.97. The van der Waals surface area contributed by atoms with Crippen LogP contribution in [-0.4, -0.2) is 41.2 Å². The molecule has 1 aliphatic heterocycles. The van der Waals surface area contributed by atoms with Gasteiger partial charge < -0.3 is 9.42 Å². The van der Waals surface area contributed by atoms with Crippen molar-refractivity contribution < 1.29 is 8.91 Å². The number of aromatic nitrogens is 2. The number of anilines is 1. The van der Waals surface area contributed by atoms with E-state index in [9.17, 15) is 4.39 Å². The van der Waals surface area contributed by atoms with E-state index >= 15 is 0 Å². The summed E-state index contributed by atoms with van der Waals surface area (Å²) in [5.41, 5.74) is 0.681. The van der Waals surface area contributed by atoms with E-state index in [2.05, 4.69) is 26.9 Å². The Morgan fingerprint density at radius 1 is 1.23 bits per heavy atom. The lowest BCUT2D eigenvalue weighted by Crippen LogP contribution is -2.47. The number of aryl methyl sites for hydroxylation is 1. The fourth-order valence-electron chi connectivity index (χ4n) is 2.80. The van der Waals surface area contributed by atoms with Crippen molar-refractivity contribution in [3.63, 3.8) is 0 Å². The zero-order valence-corrected chi connectivity index (χ0v) is 13.0. The Morgan fingerprint density at radius 2 is 1.95 bits per heavy atom. The van der Waals surface area contributed by atoms with Crippen LogP contribution in [0.2, 0.25) is 0 Å². The number of halogens is 1. The lowest BCUT2D eigenvalue weighted by Gasteiger charge is -2.38. The maximum Gasteiger partial charge on any atom is 0.243 e. The number of rotatable bonds is 4. The molecular formula is C16H21FN4O. The summed E-state index contributed by atoms with van der Waals surface area (Å²) in [7, 11) is 0. The minimum Gasteiger partial charge on any atom is -0.367 e. The van der Waals surface area contributed by atoms with E-state index in [-0.39, 0.29) is 11.9 Å². The van der Waals surface area contributed by atoms with Gasteiger partial charge in [-0.3, -0.25) is 4.90 Å². The van der Waals surface area contributed by atoms with Crippen LogP contribution < -0.4 is 4.90 Å². The average molecular weight is 304 g/mol. The average Bonchev–Trinajstić information content (AvgIpc) is 3.04. The molecule has 1 aromatic heterocycles. The van der Waals surface area contributed by atoms with Gasteiger partial charge in [-0.15, -0.1) is 0 Å². The molecule has 0 bridgehead atoms. The van der Waals surface area contributed by atoms with Crippen LogP contribution in [0.15, 0.2) is 28.8 Å². The molecule has 5 nitrogen and oxygen atoms in total. The smallest absolute Gasteiger partial charge is 0.243 e. The first kappa shape index (κ1) is 15.0. The van der Waals surface area contributed by atoms with Crippen LogP contribution in [0.3, 0.4) is 0 Å². The second-order valence-electron chi connectivity index (χ2n) is 5.55. The molecule has 0 aliphatic carbocycles. The number of piperazine rings is 1. The van der Waals surface area contributed by atoms with Crippen LogP contribution in [0, 0.1) is 5.82 Å². The molecular weight excluding hydrogens is 283 g/mol. The van der Waals surface area contributed by atoms with Crippen molar-refractivity contribution in [2.45, 2.75) is 26.3 Å². The van der Waals surface area contributed by atoms with Gasteiger partial charge >= 0.3 is 0 Å². The molecule has 118 valence electrons.